The Hall–Kier alpha value is -1.31. The van der Waals surface area contributed by atoms with Gasteiger partial charge in [-0.05, 0) is 32.1 Å². The van der Waals surface area contributed by atoms with E-state index in [0.29, 0.717) is 6.54 Å². The number of rotatable bonds is 7. The summed E-state index contributed by atoms with van der Waals surface area (Å²) < 4.78 is 42.2. The van der Waals surface area contributed by atoms with Crippen LogP contribution in [0.25, 0.3) is 0 Å². The molecule has 7 heteroatoms. The van der Waals surface area contributed by atoms with Gasteiger partial charge in [0, 0.05) is 0 Å². The molecule has 1 aromatic carbocycles. The summed E-state index contributed by atoms with van der Waals surface area (Å²) in [7, 11) is 1.65. The van der Waals surface area contributed by atoms with Gasteiger partial charge in [-0.2, -0.15) is 8.78 Å². The minimum Gasteiger partial charge on any atom is -0.434 e. The average molecular weight is 279 g/mol. The van der Waals surface area contributed by atoms with Crippen LogP contribution in [0.15, 0.2) is 18.2 Å². The molecule has 19 heavy (non-hydrogen) atoms. The van der Waals surface area contributed by atoms with E-state index in [1.54, 1.807) is 7.05 Å². The Kier molecular flexibility index (Phi) is 6.07. The average Bonchev–Trinajstić information content (AvgIpc) is 2.34. The first-order valence-corrected chi connectivity index (χ1v) is 5.71. The molecule has 1 rings (SSSR count). The number of nitrogens with one attached hydrogen (secondary N) is 1. The molecule has 2 atom stereocenters. The van der Waals surface area contributed by atoms with Crippen molar-refractivity contribution in [1.29, 1.82) is 0 Å². The molecule has 0 fully saturated rings. The maximum atomic E-state index is 13.6. The lowest BCUT2D eigenvalue weighted by molar-refractivity contribution is -0.0545. The number of aliphatic hydroxyl groups is 2. The van der Waals surface area contributed by atoms with Crippen LogP contribution >= 0.6 is 0 Å². The number of benzene rings is 1. The first kappa shape index (κ1) is 15.7. The van der Waals surface area contributed by atoms with Crippen molar-refractivity contribution in [3.8, 4) is 5.75 Å². The summed E-state index contributed by atoms with van der Waals surface area (Å²) >= 11 is 0. The molecule has 0 aliphatic heterocycles. The molecule has 108 valence electrons. The highest BCUT2D eigenvalue weighted by molar-refractivity contribution is 5.37. The molecular formula is C12H16F3NO3. The lowest BCUT2D eigenvalue weighted by Crippen LogP contribution is -2.24. The van der Waals surface area contributed by atoms with Crippen molar-refractivity contribution in [2.75, 3.05) is 13.6 Å². The van der Waals surface area contributed by atoms with Gasteiger partial charge in [0.1, 0.15) is 17.7 Å². The number of hydrogen-bond donors (Lipinski definition) is 3. The second-order valence-electron chi connectivity index (χ2n) is 3.93. The quantitative estimate of drug-likeness (QED) is 0.706. The smallest absolute Gasteiger partial charge is 0.387 e. The van der Waals surface area contributed by atoms with Gasteiger partial charge in [0.25, 0.3) is 0 Å². The minimum absolute atomic E-state index is 0.139. The van der Waals surface area contributed by atoms with Crippen LogP contribution < -0.4 is 10.1 Å². The molecular weight excluding hydrogens is 263 g/mol. The van der Waals surface area contributed by atoms with E-state index >= 15 is 0 Å². The predicted molar refractivity (Wildman–Crippen MR) is 62.5 cm³/mol. The third kappa shape index (κ3) is 4.38. The Balaban J connectivity index is 2.96. The molecule has 0 spiro atoms. The van der Waals surface area contributed by atoms with Gasteiger partial charge in [0.2, 0.25) is 0 Å². The van der Waals surface area contributed by atoms with Crippen LogP contribution in [0.5, 0.6) is 5.75 Å². The molecule has 0 aliphatic rings. The summed E-state index contributed by atoms with van der Waals surface area (Å²) in [6, 6.07) is 3.30. The molecule has 1 aromatic rings. The van der Waals surface area contributed by atoms with Crippen LogP contribution in [0.3, 0.4) is 0 Å². The molecule has 0 aromatic heterocycles. The Morgan fingerprint density at radius 1 is 1.32 bits per heavy atom. The van der Waals surface area contributed by atoms with E-state index < -0.39 is 35.9 Å². The molecule has 0 amide bonds. The van der Waals surface area contributed by atoms with E-state index in [1.807, 2.05) is 0 Å². The normalized spacial score (nSPS) is 14.5. The van der Waals surface area contributed by atoms with Crippen LogP contribution in [-0.2, 0) is 0 Å². The lowest BCUT2D eigenvalue weighted by Gasteiger charge is -2.21. The van der Waals surface area contributed by atoms with E-state index in [4.69, 9.17) is 0 Å². The molecule has 0 radical (unpaired) electrons. The van der Waals surface area contributed by atoms with Crippen LogP contribution in [0.4, 0.5) is 13.2 Å². The summed E-state index contributed by atoms with van der Waals surface area (Å²) in [5.41, 5.74) is -0.466. The fourth-order valence-electron chi connectivity index (χ4n) is 1.65. The number of alkyl halides is 2. The molecule has 3 N–H and O–H groups in total. The number of hydrogen-bond acceptors (Lipinski definition) is 4. The zero-order valence-corrected chi connectivity index (χ0v) is 10.3. The van der Waals surface area contributed by atoms with Gasteiger partial charge in [-0.3, -0.25) is 0 Å². The van der Waals surface area contributed by atoms with E-state index in [9.17, 15) is 23.4 Å². The molecule has 4 nitrogen and oxygen atoms in total. The number of aliphatic hydroxyl groups excluding tert-OH is 2. The standard InChI is InChI=1S/C12H16F3NO3/c1-16-6-5-8(17)11(18)10-7(13)3-2-4-9(10)19-12(14)15/h2-4,8,11-12,16-18H,5-6H2,1H3. The molecule has 2 unspecified atom stereocenters. The number of halogens is 3. The number of ether oxygens (including phenoxy) is 1. The third-order valence-corrected chi connectivity index (χ3v) is 2.58. The van der Waals surface area contributed by atoms with Crippen LogP contribution in [0.1, 0.15) is 18.1 Å². The van der Waals surface area contributed by atoms with Gasteiger partial charge in [-0.25, -0.2) is 4.39 Å². The summed E-state index contributed by atoms with van der Waals surface area (Å²) in [5.74, 6) is -1.39. The Labute approximate surface area is 108 Å². The van der Waals surface area contributed by atoms with Gasteiger partial charge >= 0.3 is 6.61 Å². The lowest BCUT2D eigenvalue weighted by atomic mass is 10.0. The van der Waals surface area contributed by atoms with Crippen LogP contribution in [0, 0.1) is 5.82 Å². The zero-order chi connectivity index (χ0) is 14.4. The SMILES string of the molecule is CNCCC(O)C(O)c1c(F)cccc1OC(F)F. The molecule has 0 saturated carbocycles. The highest BCUT2D eigenvalue weighted by Crippen LogP contribution is 2.31. The van der Waals surface area contributed by atoms with Crippen molar-refractivity contribution in [3.63, 3.8) is 0 Å². The fraction of sp³-hybridized carbons (Fsp3) is 0.500. The minimum atomic E-state index is -3.14. The summed E-state index contributed by atoms with van der Waals surface area (Å²) in [6.07, 6.45) is -2.78. The van der Waals surface area contributed by atoms with Crippen molar-refractivity contribution >= 4 is 0 Å². The van der Waals surface area contributed by atoms with Crippen molar-refractivity contribution in [1.82, 2.24) is 5.32 Å². The Bertz CT molecular complexity index is 404. The summed E-state index contributed by atoms with van der Waals surface area (Å²) in [5, 5.41) is 22.3. The maximum absolute atomic E-state index is 13.6. The van der Waals surface area contributed by atoms with E-state index in [2.05, 4.69) is 10.1 Å². The van der Waals surface area contributed by atoms with Gasteiger partial charge < -0.3 is 20.3 Å². The highest BCUT2D eigenvalue weighted by Gasteiger charge is 2.26. The van der Waals surface area contributed by atoms with Crippen molar-refractivity contribution < 1.29 is 28.1 Å². The van der Waals surface area contributed by atoms with Gasteiger partial charge in [0.05, 0.1) is 11.7 Å². The van der Waals surface area contributed by atoms with Gasteiger partial charge in [-0.1, -0.05) is 6.07 Å². The first-order chi connectivity index (χ1) is 8.97. The molecule has 0 saturated heterocycles. The Morgan fingerprint density at radius 2 is 2.00 bits per heavy atom. The summed E-state index contributed by atoms with van der Waals surface area (Å²) in [4.78, 5) is 0. The fourth-order valence-corrected chi connectivity index (χ4v) is 1.65. The van der Waals surface area contributed by atoms with Crippen molar-refractivity contribution in [3.05, 3.63) is 29.6 Å². The van der Waals surface area contributed by atoms with Crippen LogP contribution in [0.2, 0.25) is 0 Å². The first-order valence-electron chi connectivity index (χ1n) is 5.71. The predicted octanol–water partition coefficient (Wildman–Crippen LogP) is 1.43. The second-order valence-corrected chi connectivity index (χ2v) is 3.93. The monoisotopic (exact) mass is 279 g/mol. The van der Waals surface area contributed by atoms with E-state index in [1.165, 1.54) is 6.07 Å². The van der Waals surface area contributed by atoms with Gasteiger partial charge in [0.15, 0.2) is 0 Å². The summed E-state index contributed by atoms with van der Waals surface area (Å²) in [6.45, 7) is -2.75. The van der Waals surface area contributed by atoms with Crippen molar-refractivity contribution in [2.24, 2.45) is 0 Å². The molecule has 0 heterocycles. The van der Waals surface area contributed by atoms with E-state index in [0.717, 1.165) is 12.1 Å². The van der Waals surface area contributed by atoms with E-state index in [-0.39, 0.29) is 6.42 Å². The molecule has 0 aliphatic carbocycles. The van der Waals surface area contributed by atoms with Gasteiger partial charge in [-0.15, -0.1) is 0 Å². The zero-order valence-electron chi connectivity index (χ0n) is 10.3. The molecule has 0 bridgehead atoms. The Morgan fingerprint density at radius 3 is 2.58 bits per heavy atom. The third-order valence-electron chi connectivity index (χ3n) is 2.58. The topological polar surface area (TPSA) is 61.7 Å². The largest absolute Gasteiger partial charge is 0.434 e. The second kappa shape index (κ2) is 7.32. The highest BCUT2D eigenvalue weighted by atomic mass is 19.3. The maximum Gasteiger partial charge on any atom is 0.387 e. The van der Waals surface area contributed by atoms with Crippen LogP contribution in [-0.4, -0.2) is 36.5 Å². The van der Waals surface area contributed by atoms with Crippen molar-refractivity contribution in [2.45, 2.75) is 25.2 Å².